The highest BCUT2D eigenvalue weighted by atomic mass is 31.2. The largest absolute Gasteiger partial charge is 0.472 e. The lowest BCUT2D eigenvalue weighted by atomic mass is 9.96. The number of imidazole rings is 2. The van der Waals surface area contributed by atoms with Crippen molar-refractivity contribution in [2.24, 2.45) is 0 Å². The lowest BCUT2D eigenvalue weighted by Crippen LogP contribution is -2.46. The number of nitrogens with one attached hydrogen (secondary N) is 1. The van der Waals surface area contributed by atoms with Crippen LogP contribution >= 0.6 is 15.6 Å². The highest BCUT2D eigenvalue weighted by Crippen LogP contribution is 2.55. The van der Waals surface area contributed by atoms with Gasteiger partial charge in [0.2, 0.25) is 5.95 Å². The van der Waals surface area contributed by atoms with Gasteiger partial charge in [0, 0.05) is 0 Å². The van der Waals surface area contributed by atoms with Crippen molar-refractivity contribution in [2.75, 3.05) is 24.7 Å². The number of nitrogens with two attached hydrogens (primary N) is 2. The van der Waals surface area contributed by atoms with Crippen LogP contribution in [0.5, 0.6) is 0 Å². The van der Waals surface area contributed by atoms with E-state index in [4.69, 9.17) is 39.0 Å². The van der Waals surface area contributed by atoms with E-state index in [1.807, 2.05) is 0 Å². The third-order valence-electron chi connectivity index (χ3n) is 7.70. The molecule has 2 bridgehead atoms. The molecule has 7 heterocycles. The zero-order chi connectivity index (χ0) is 32.8. The van der Waals surface area contributed by atoms with E-state index in [9.17, 15) is 33.9 Å². The molecule has 0 aliphatic carbocycles. The monoisotopic (exact) mass is 688 g/mol. The molecule has 46 heavy (non-hydrogen) atoms. The number of aliphatic hydroxyl groups is 2. The Morgan fingerprint density at radius 1 is 0.957 bits per heavy atom. The second-order valence-corrected chi connectivity index (χ2v) is 13.6. The van der Waals surface area contributed by atoms with Crippen molar-refractivity contribution in [3.63, 3.8) is 0 Å². The average molecular weight is 688 g/mol. The summed E-state index contributed by atoms with van der Waals surface area (Å²) >= 11 is 0. The Morgan fingerprint density at radius 3 is 2.39 bits per heavy atom. The van der Waals surface area contributed by atoms with Crippen LogP contribution in [0.4, 0.5) is 11.8 Å². The molecule has 4 aromatic rings. The fraction of sp³-hybridized carbons (Fsp3) is 0.524. The minimum Gasteiger partial charge on any atom is -0.387 e. The number of H-pyrrole nitrogens is 1. The first-order valence-electron chi connectivity index (χ1n) is 13.3. The molecule has 10 unspecified atom stereocenters. The Morgan fingerprint density at radius 2 is 1.63 bits per heavy atom. The standard InChI is InChI=1S/C21H26N10O13P2/c1-21(34)13-8(42-19(21)31-6-26-9-14(22)24-4-25-15(9)31)3-40-45(35,36)43-12-11(32)7(2-39-46(37,38)44-13)41-18(12)30-5-27-10-16(30)28-20(23)29-17(10)33/h4-8,11-13,18-19,32,34H,2-3H2,1H3,(H,35,36)(H,37,38)(H2,22,24,25)(H3,23,28,29,33). The lowest BCUT2D eigenvalue weighted by molar-refractivity contribution is -0.0958. The van der Waals surface area contributed by atoms with E-state index in [1.54, 1.807) is 0 Å². The van der Waals surface area contributed by atoms with Crippen LogP contribution in [0.1, 0.15) is 19.4 Å². The third kappa shape index (κ3) is 5.19. The molecule has 7 rings (SSSR count). The van der Waals surface area contributed by atoms with Gasteiger partial charge in [0.05, 0.1) is 25.9 Å². The van der Waals surface area contributed by atoms with Crippen molar-refractivity contribution in [1.29, 1.82) is 0 Å². The smallest absolute Gasteiger partial charge is 0.387 e. The number of nitrogens with zero attached hydrogens (tertiary/aromatic N) is 7. The van der Waals surface area contributed by atoms with E-state index < -0.39 is 83.0 Å². The Bertz CT molecular complexity index is 1980. The minimum atomic E-state index is -5.14. The summed E-state index contributed by atoms with van der Waals surface area (Å²) in [5.41, 5.74) is 8.66. The van der Waals surface area contributed by atoms with Gasteiger partial charge < -0.3 is 40.9 Å². The molecule has 3 fully saturated rings. The average Bonchev–Trinajstić information content (AvgIpc) is 3.71. The maximum Gasteiger partial charge on any atom is 0.472 e. The number of ether oxygens (including phenoxy) is 2. The van der Waals surface area contributed by atoms with Gasteiger partial charge in [-0.05, 0) is 6.92 Å². The molecule has 248 valence electrons. The van der Waals surface area contributed by atoms with Crippen LogP contribution < -0.4 is 17.0 Å². The molecule has 3 aliphatic heterocycles. The number of aliphatic hydroxyl groups excluding tert-OH is 1. The summed E-state index contributed by atoms with van der Waals surface area (Å²) in [6.45, 7) is -0.461. The first kappa shape index (κ1) is 31.2. The number of fused-ring (bicyclic) bond motifs is 5. The number of aromatic nitrogens is 8. The molecule has 0 amide bonds. The lowest BCUT2D eigenvalue weighted by Gasteiger charge is -2.31. The van der Waals surface area contributed by atoms with Crippen molar-refractivity contribution in [3.8, 4) is 0 Å². The van der Waals surface area contributed by atoms with Crippen LogP contribution in [0, 0.1) is 0 Å². The Kier molecular flexibility index (Phi) is 7.32. The van der Waals surface area contributed by atoms with Crippen LogP contribution in [0.3, 0.4) is 0 Å². The number of aromatic amines is 1. The van der Waals surface area contributed by atoms with Crippen molar-refractivity contribution < 1.29 is 56.7 Å². The topological polar surface area (TPSA) is 330 Å². The number of phosphoric acid groups is 2. The summed E-state index contributed by atoms with van der Waals surface area (Å²) in [7, 11) is -10.2. The number of hydrogen-bond acceptors (Lipinski definition) is 18. The minimum absolute atomic E-state index is 0.0299. The van der Waals surface area contributed by atoms with Gasteiger partial charge in [-0.1, -0.05) is 0 Å². The maximum atomic E-state index is 13.3. The second-order valence-electron chi connectivity index (χ2n) is 10.8. The van der Waals surface area contributed by atoms with Gasteiger partial charge >= 0.3 is 15.6 Å². The number of nitrogen functional groups attached to an aromatic ring is 2. The fourth-order valence-corrected chi connectivity index (χ4v) is 7.56. The van der Waals surface area contributed by atoms with E-state index >= 15 is 0 Å². The van der Waals surface area contributed by atoms with Gasteiger partial charge in [0.15, 0.2) is 35.1 Å². The molecule has 0 radical (unpaired) electrons. The van der Waals surface area contributed by atoms with Crippen LogP contribution in [0.25, 0.3) is 22.3 Å². The van der Waals surface area contributed by atoms with Crippen LogP contribution in [0.15, 0.2) is 23.8 Å². The predicted molar refractivity (Wildman–Crippen MR) is 148 cm³/mol. The molecule has 25 heteroatoms. The summed E-state index contributed by atoms with van der Waals surface area (Å²) in [5.74, 6) is -0.256. The summed E-state index contributed by atoms with van der Waals surface area (Å²) < 4.78 is 61.6. The number of rotatable bonds is 2. The van der Waals surface area contributed by atoms with Gasteiger partial charge in [0.1, 0.15) is 48.0 Å². The molecule has 0 aromatic carbocycles. The molecule has 4 aromatic heterocycles. The van der Waals surface area contributed by atoms with Crippen LogP contribution in [-0.2, 0) is 36.7 Å². The first-order chi connectivity index (χ1) is 21.6. The molecular formula is C21H26N10O13P2. The van der Waals surface area contributed by atoms with Crippen molar-refractivity contribution in [3.05, 3.63) is 29.3 Å². The quantitative estimate of drug-likeness (QED) is 0.112. The van der Waals surface area contributed by atoms with E-state index in [2.05, 4.69) is 29.9 Å². The Hall–Kier alpha value is -3.44. The molecule has 0 spiro atoms. The van der Waals surface area contributed by atoms with Gasteiger partial charge in [0.25, 0.3) is 5.56 Å². The van der Waals surface area contributed by atoms with E-state index in [-0.39, 0.29) is 34.1 Å². The number of anilines is 2. The van der Waals surface area contributed by atoms with E-state index in [0.717, 1.165) is 17.2 Å². The maximum absolute atomic E-state index is 13.3. The van der Waals surface area contributed by atoms with Gasteiger partial charge in [-0.2, -0.15) is 4.98 Å². The zero-order valence-corrected chi connectivity index (χ0v) is 25.1. The molecule has 10 atom stereocenters. The van der Waals surface area contributed by atoms with Crippen molar-refractivity contribution in [2.45, 2.75) is 55.5 Å². The normalized spacial score (nSPS) is 38.8. The molecule has 3 saturated heterocycles. The highest BCUT2D eigenvalue weighted by molar-refractivity contribution is 7.47. The summed E-state index contributed by atoms with van der Waals surface area (Å²) in [6, 6.07) is 0. The Balaban J connectivity index is 1.23. The van der Waals surface area contributed by atoms with Gasteiger partial charge in [-0.25, -0.2) is 29.1 Å². The Labute approximate surface area is 255 Å². The third-order valence-corrected chi connectivity index (χ3v) is 9.65. The number of phosphoric ester groups is 2. The van der Waals surface area contributed by atoms with E-state index in [0.29, 0.717) is 0 Å². The summed E-state index contributed by atoms with van der Waals surface area (Å²) in [4.78, 5) is 56.1. The molecule has 0 saturated carbocycles. The SMILES string of the molecule is CC1(O)C2OP(=O)(O)OCC3OC(n4cnc5c(=O)[nH]c(N)nc54)C(OP(=O)(O)OCC2OC1n1cnc2c(N)ncnc21)C3O. The molecule has 9 N–H and O–H groups in total. The summed E-state index contributed by atoms with van der Waals surface area (Å²) in [5, 5.41) is 22.6. The summed E-state index contributed by atoms with van der Waals surface area (Å²) in [6.07, 6.45) is -7.66. The predicted octanol–water partition coefficient (Wildman–Crippen LogP) is -1.95. The molecule has 3 aliphatic rings. The van der Waals surface area contributed by atoms with Crippen LogP contribution in [0.2, 0.25) is 0 Å². The van der Waals surface area contributed by atoms with Gasteiger partial charge in [-0.3, -0.25) is 37.0 Å². The van der Waals surface area contributed by atoms with Crippen molar-refractivity contribution in [1.82, 2.24) is 39.0 Å². The first-order valence-corrected chi connectivity index (χ1v) is 16.3. The zero-order valence-electron chi connectivity index (χ0n) is 23.3. The molecule has 23 nitrogen and oxygen atoms in total. The fourth-order valence-electron chi connectivity index (χ4n) is 5.60. The molecular weight excluding hydrogens is 662 g/mol. The van der Waals surface area contributed by atoms with Gasteiger partial charge in [-0.15, -0.1) is 0 Å². The van der Waals surface area contributed by atoms with Crippen molar-refractivity contribution >= 4 is 49.7 Å². The highest BCUT2D eigenvalue weighted by Gasteiger charge is 2.59. The second kappa shape index (κ2) is 10.8. The number of hydrogen-bond donors (Lipinski definition) is 7. The van der Waals surface area contributed by atoms with Crippen LogP contribution in [-0.4, -0.2) is 108 Å². The van der Waals surface area contributed by atoms with E-state index in [1.165, 1.54) is 17.8 Å².